The zero-order chi connectivity index (χ0) is 9.84. The van der Waals surface area contributed by atoms with Gasteiger partial charge in [-0.15, -0.1) is 23.2 Å². The third kappa shape index (κ3) is 2.90. The van der Waals surface area contributed by atoms with Crippen molar-refractivity contribution in [3.63, 3.8) is 0 Å². The van der Waals surface area contributed by atoms with E-state index in [1.54, 1.807) is 18.2 Å². The molecule has 0 aliphatic carbocycles. The standard InChI is InChI=1S/C9H8Cl2O2/c10-8(11)5-6-3-1-2-4-7(6)9(12)13/h1-4,8H,5H2,(H,12,13). The predicted octanol–water partition coefficient (Wildman–Crippen LogP) is 2.73. The van der Waals surface area contributed by atoms with Crippen molar-refractivity contribution in [1.29, 1.82) is 0 Å². The molecule has 13 heavy (non-hydrogen) atoms. The highest BCUT2D eigenvalue weighted by Crippen LogP contribution is 2.15. The summed E-state index contributed by atoms with van der Waals surface area (Å²) in [5.74, 6) is -0.954. The third-order valence-electron chi connectivity index (χ3n) is 1.62. The zero-order valence-electron chi connectivity index (χ0n) is 6.71. The summed E-state index contributed by atoms with van der Waals surface area (Å²) in [6, 6.07) is 6.68. The van der Waals surface area contributed by atoms with Crippen molar-refractivity contribution in [3.8, 4) is 0 Å². The van der Waals surface area contributed by atoms with E-state index in [1.165, 1.54) is 6.07 Å². The number of alkyl halides is 2. The quantitative estimate of drug-likeness (QED) is 0.793. The van der Waals surface area contributed by atoms with Gasteiger partial charge in [-0.05, 0) is 11.6 Å². The van der Waals surface area contributed by atoms with Crippen LogP contribution in [0.3, 0.4) is 0 Å². The van der Waals surface area contributed by atoms with Gasteiger partial charge in [0, 0.05) is 6.42 Å². The highest BCUT2D eigenvalue weighted by molar-refractivity contribution is 6.44. The van der Waals surface area contributed by atoms with Crippen LogP contribution in [0.15, 0.2) is 24.3 Å². The number of aromatic carboxylic acids is 1. The number of hydrogen-bond donors (Lipinski definition) is 1. The molecule has 4 heteroatoms. The molecule has 1 rings (SSSR count). The molecule has 0 aromatic heterocycles. The maximum absolute atomic E-state index is 10.7. The van der Waals surface area contributed by atoms with Gasteiger partial charge in [0.15, 0.2) is 0 Å². The van der Waals surface area contributed by atoms with Crippen LogP contribution in [0, 0.1) is 0 Å². The van der Waals surface area contributed by atoms with E-state index in [1.807, 2.05) is 0 Å². The molecule has 2 nitrogen and oxygen atoms in total. The summed E-state index contributed by atoms with van der Waals surface area (Å²) in [5.41, 5.74) is 0.916. The van der Waals surface area contributed by atoms with E-state index in [4.69, 9.17) is 28.3 Å². The molecule has 0 bridgehead atoms. The molecule has 0 fully saturated rings. The van der Waals surface area contributed by atoms with Crippen molar-refractivity contribution in [3.05, 3.63) is 35.4 Å². The highest BCUT2D eigenvalue weighted by atomic mass is 35.5. The van der Waals surface area contributed by atoms with Crippen molar-refractivity contribution in [2.45, 2.75) is 11.3 Å². The monoisotopic (exact) mass is 218 g/mol. The number of hydrogen-bond acceptors (Lipinski definition) is 1. The second-order valence-electron chi connectivity index (χ2n) is 2.56. The van der Waals surface area contributed by atoms with Crippen molar-refractivity contribution in [1.82, 2.24) is 0 Å². The van der Waals surface area contributed by atoms with Crippen LogP contribution in [0.25, 0.3) is 0 Å². The lowest BCUT2D eigenvalue weighted by Gasteiger charge is -2.05. The van der Waals surface area contributed by atoms with Gasteiger partial charge in [-0.1, -0.05) is 18.2 Å². The van der Waals surface area contributed by atoms with E-state index in [0.29, 0.717) is 12.0 Å². The third-order valence-corrected chi connectivity index (χ3v) is 1.93. The summed E-state index contributed by atoms with van der Waals surface area (Å²) < 4.78 is 0. The van der Waals surface area contributed by atoms with Crippen LogP contribution < -0.4 is 0 Å². The molecule has 1 aromatic rings. The first kappa shape index (κ1) is 10.4. The Morgan fingerprint density at radius 1 is 1.38 bits per heavy atom. The van der Waals surface area contributed by atoms with Gasteiger partial charge in [0.2, 0.25) is 0 Å². The van der Waals surface area contributed by atoms with Crippen molar-refractivity contribution < 1.29 is 9.90 Å². The second-order valence-corrected chi connectivity index (χ2v) is 3.83. The lowest BCUT2D eigenvalue weighted by molar-refractivity contribution is 0.0696. The van der Waals surface area contributed by atoms with Crippen LogP contribution in [-0.4, -0.2) is 15.9 Å². The lowest BCUT2D eigenvalue weighted by atomic mass is 10.1. The van der Waals surface area contributed by atoms with Crippen molar-refractivity contribution in [2.75, 3.05) is 0 Å². The van der Waals surface area contributed by atoms with Crippen molar-refractivity contribution in [2.24, 2.45) is 0 Å². The molecule has 0 amide bonds. The predicted molar refractivity (Wildman–Crippen MR) is 52.6 cm³/mol. The number of carbonyl (C=O) groups is 1. The van der Waals surface area contributed by atoms with Gasteiger partial charge in [0.25, 0.3) is 0 Å². The van der Waals surface area contributed by atoms with Gasteiger partial charge in [0.05, 0.1) is 5.56 Å². The minimum absolute atomic E-state index is 0.258. The van der Waals surface area contributed by atoms with Gasteiger partial charge in [-0.25, -0.2) is 4.79 Å². The number of carboxylic acids is 1. The van der Waals surface area contributed by atoms with E-state index in [2.05, 4.69) is 0 Å². The summed E-state index contributed by atoms with van der Waals surface area (Å²) in [5, 5.41) is 8.79. The fraction of sp³-hybridized carbons (Fsp3) is 0.222. The number of halogens is 2. The Morgan fingerprint density at radius 2 is 2.00 bits per heavy atom. The molecule has 0 aliphatic rings. The molecule has 0 spiro atoms. The molecule has 0 atom stereocenters. The van der Waals surface area contributed by atoms with Gasteiger partial charge >= 0.3 is 5.97 Å². The van der Waals surface area contributed by atoms with Crippen LogP contribution in [0.4, 0.5) is 0 Å². The number of carboxylic acid groups (broad SMARTS) is 1. The largest absolute Gasteiger partial charge is 0.478 e. The minimum atomic E-state index is -0.954. The van der Waals surface area contributed by atoms with Crippen LogP contribution in [0.1, 0.15) is 15.9 Å². The fourth-order valence-electron chi connectivity index (χ4n) is 1.07. The Morgan fingerprint density at radius 3 is 2.54 bits per heavy atom. The normalized spacial score (nSPS) is 10.4. The molecule has 0 aliphatic heterocycles. The Kier molecular flexibility index (Phi) is 3.58. The highest BCUT2D eigenvalue weighted by Gasteiger charge is 2.10. The summed E-state index contributed by atoms with van der Waals surface area (Å²) in [6.45, 7) is 0. The zero-order valence-corrected chi connectivity index (χ0v) is 8.22. The van der Waals surface area contributed by atoms with Gasteiger partial charge in [0.1, 0.15) is 4.84 Å². The fourth-order valence-corrected chi connectivity index (χ4v) is 1.41. The van der Waals surface area contributed by atoms with Crippen LogP contribution >= 0.6 is 23.2 Å². The Hall–Kier alpha value is -0.730. The average Bonchev–Trinajstić information content (AvgIpc) is 2.03. The van der Waals surface area contributed by atoms with E-state index in [-0.39, 0.29) is 5.56 Å². The first-order chi connectivity index (χ1) is 6.11. The maximum Gasteiger partial charge on any atom is 0.335 e. The molecule has 0 saturated heterocycles. The van der Waals surface area contributed by atoms with Crippen LogP contribution in [0.2, 0.25) is 0 Å². The smallest absolute Gasteiger partial charge is 0.335 e. The second kappa shape index (κ2) is 4.49. The molecular formula is C9H8Cl2O2. The Balaban J connectivity index is 2.98. The number of rotatable bonds is 3. The van der Waals surface area contributed by atoms with Crippen molar-refractivity contribution >= 4 is 29.2 Å². The van der Waals surface area contributed by atoms with E-state index < -0.39 is 10.8 Å². The molecular weight excluding hydrogens is 211 g/mol. The first-order valence-electron chi connectivity index (χ1n) is 3.70. The Bertz CT molecular complexity index is 310. The molecule has 0 radical (unpaired) electrons. The first-order valence-corrected chi connectivity index (χ1v) is 4.58. The van der Waals surface area contributed by atoms with Gasteiger partial charge in [-0.3, -0.25) is 0 Å². The number of benzene rings is 1. The molecule has 1 N–H and O–H groups in total. The van der Waals surface area contributed by atoms with Crippen LogP contribution in [0.5, 0.6) is 0 Å². The summed E-state index contributed by atoms with van der Waals surface area (Å²) >= 11 is 11.1. The molecule has 0 unspecified atom stereocenters. The molecule has 70 valence electrons. The maximum atomic E-state index is 10.7. The van der Waals surface area contributed by atoms with Gasteiger partial charge < -0.3 is 5.11 Å². The minimum Gasteiger partial charge on any atom is -0.478 e. The van der Waals surface area contributed by atoms with Crippen LogP contribution in [-0.2, 0) is 6.42 Å². The molecule has 0 heterocycles. The molecule has 0 saturated carbocycles. The summed E-state index contributed by atoms with van der Waals surface area (Å²) in [7, 11) is 0. The summed E-state index contributed by atoms with van der Waals surface area (Å²) in [4.78, 5) is 10.1. The van der Waals surface area contributed by atoms with E-state index in [9.17, 15) is 4.79 Å². The lowest BCUT2D eigenvalue weighted by Crippen LogP contribution is -2.04. The van der Waals surface area contributed by atoms with E-state index in [0.717, 1.165) is 0 Å². The molecule has 1 aromatic carbocycles. The van der Waals surface area contributed by atoms with E-state index >= 15 is 0 Å². The Labute approximate surface area is 86.1 Å². The topological polar surface area (TPSA) is 37.3 Å². The van der Waals surface area contributed by atoms with Gasteiger partial charge in [-0.2, -0.15) is 0 Å². The average molecular weight is 219 g/mol. The summed E-state index contributed by atoms with van der Waals surface area (Å²) in [6.07, 6.45) is 0.353. The SMILES string of the molecule is O=C(O)c1ccccc1CC(Cl)Cl.